The van der Waals surface area contributed by atoms with E-state index in [-0.39, 0.29) is 5.97 Å². The minimum atomic E-state index is -0.380. The van der Waals surface area contributed by atoms with Crippen molar-refractivity contribution >= 4 is 12.0 Å². The van der Waals surface area contributed by atoms with Crippen LogP contribution in [0.15, 0.2) is 24.5 Å². The molecule has 0 atom stereocenters. The van der Waals surface area contributed by atoms with Gasteiger partial charge in [0.25, 0.3) is 0 Å². The Balaban J connectivity index is 2.54. The van der Waals surface area contributed by atoms with Crippen LogP contribution in [0, 0.1) is 0 Å². The van der Waals surface area contributed by atoms with Crippen molar-refractivity contribution in [2.75, 3.05) is 6.61 Å². The van der Waals surface area contributed by atoms with Crippen molar-refractivity contribution in [3.63, 3.8) is 0 Å². The molecule has 68 valence electrons. The van der Waals surface area contributed by atoms with Crippen LogP contribution in [0.25, 0.3) is 6.08 Å². The number of ether oxygens (including phenoxy) is 1. The minimum Gasteiger partial charge on any atom is -0.463 e. The Labute approximate surface area is 76.3 Å². The molecule has 0 fully saturated rings. The molecule has 0 radical (unpaired) electrons. The largest absolute Gasteiger partial charge is 0.463 e. The molecule has 1 aromatic heterocycles. The summed E-state index contributed by atoms with van der Waals surface area (Å²) < 4.78 is 4.68. The zero-order valence-electron chi connectivity index (χ0n) is 7.30. The smallest absolute Gasteiger partial charge is 0.330 e. The van der Waals surface area contributed by atoms with Gasteiger partial charge < -0.3 is 4.74 Å². The SMILES string of the molecule is CCOC(=O)/C=C/c1ncccn1. The first kappa shape index (κ1) is 9.38. The molecule has 4 nitrogen and oxygen atoms in total. The molecule has 0 bridgehead atoms. The predicted octanol–water partition coefficient (Wildman–Crippen LogP) is 1.05. The van der Waals surface area contributed by atoms with E-state index in [1.54, 1.807) is 25.4 Å². The van der Waals surface area contributed by atoms with Crippen LogP contribution in [0.2, 0.25) is 0 Å². The monoisotopic (exact) mass is 178 g/mol. The van der Waals surface area contributed by atoms with Gasteiger partial charge in [-0.3, -0.25) is 0 Å². The first-order valence-corrected chi connectivity index (χ1v) is 3.94. The fourth-order valence-electron chi connectivity index (χ4n) is 0.730. The molecular formula is C9H10N2O2. The van der Waals surface area contributed by atoms with Crippen molar-refractivity contribution in [2.24, 2.45) is 0 Å². The third kappa shape index (κ3) is 3.46. The number of carbonyl (C=O) groups excluding carboxylic acids is 1. The number of esters is 1. The number of carbonyl (C=O) groups is 1. The summed E-state index contributed by atoms with van der Waals surface area (Å²) in [7, 11) is 0. The zero-order valence-corrected chi connectivity index (χ0v) is 7.30. The van der Waals surface area contributed by atoms with Gasteiger partial charge in [0, 0.05) is 18.5 Å². The Bertz CT molecular complexity index is 296. The van der Waals surface area contributed by atoms with Crippen molar-refractivity contribution < 1.29 is 9.53 Å². The van der Waals surface area contributed by atoms with E-state index in [1.165, 1.54) is 12.2 Å². The Morgan fingerprint density at radius 2 is 2.23 bits per heavy atom. The molecule has 1 aromatic rings. The highest BCUT2D eigenvalue weighted by molar-refractivity contribution is 5.86. The van der Waals surface area contributed by atoms with Gasteiger partial charge in [-0.25, -0.2) is 14.8 Å². The molecule has 0 amide bonds. The first-order chi connectivity index (χ1) is 6.33. The second kappa shape index (κ2) is 5.03. The first-order valence-electron chi connectivity index (χ1n) is 3.94. The Kier molecular flexibility index (Phi) is 3.63. The molecule has 0 saturated heterocycles. The summed E-state index contributed by atoms with van der Waals surface area (Å²) >= 11 is 0. The van der Waals surface area contributed by atoms with Crippen LogP contribution in [0.5, 0.6) is 0 Å². The second-order valence-corrected chi connectivity index (χ2v) is 2.19. The lowest BCUT2D eigenvalue weighted by molar-refractivity contribution is -0.137. The third-order valence-corrected chi connectivity index (χ3v) is 1.24. The van der Waals surface area contributed by atoms with Crippen molar-refractivity contribution in [1.29, 1.82) is 0 Å². The maximum atomic E-state index is 10.9. The van der Waals surface area contributed by atoms with Gasteiger partial charge in [-0.05, 0) is 19.1 Å². The van der Waals surface area contributed by atoms with Crippen molar-refractivity contribution in [3.05, 3.63) is 30.4 Å². The molecular weight excluding hydrogens is 168 g/mol. The van der Waals surface area contributed by atoms with Crippen LogP contribution < -0.4 is 0 Å². The van der Waals surface area contributed by atoms with E-state index >= 15 is 0 Å². The van der Waals surface area contributed by atoms with Crippen LogP contribution in [-0.4, -0.2) is 22.5 Å². The number of aromatic nitrogens is 2. The molecule has 0 aliphatic rings. The molecule has 0 saturated carbocycles. The van der Waals surface area contributed by atoms with Gasteiger partial charge in [0.2, 0.25) is 0 Å². The maximum absolute atomic E-state index is 10.9. The Morgan fingerprint density at radius 1 is 1.54 bits per heavy atom. The summed E-state index contributed by atoms with van der Waals surface area (Å²) in [5, 5.41) is 0. The molecule has 0 aromatic carbocycles. The molecule has 0 aliphatic carbocycles. The van der Waals surface area contributed by atoms with E-state index < -0.39 is 0 Å². The zero-order chi connectivity index (χ0) is 9.52. The second-order valence-electron chi connectivity index (χ2n) is 2.19. The van der Waals surface area contributed by atoms with Crippen molar-refractivity contribution in [2.45, 2.75) is 6.92 Å². The van der Waals surface area contributed by atoms with Gasteiger partial charge in [0.05, 0.1) is 6.61 Å². The lowest BCUT2D eigenvalue weighted by Gasteiger charge is -1.93. The van der Waals surface area contributed by atoms with Crippen LogP contribution in [0.1, 0.15) is 12.7 Å². The molecule has 1 rings (SSSR count). The van der Waals surface area contributed by atoms with Gasteiger partial charge in [-0.15, -0.1) is 0 Å². The molecule has 0 aliphatic heterocycles. The minimum absolute atomic E-state index is 0.374. The number of hydrogen-bond donors (Lipinski definition) is 0. The summed E-state index contributed by atoms with van der Waals surface area (Å²) in [4.78, 5) is 18.7. The van der Waals surface area contributed by atoms with Gasteiger partial charge in [-0.1, -0.05) is 0 Å². The fourth-order valence-corrected chi connectivity index (χ4v) is 0.730. The van der Waals surface area contributed by atoms with Crippen LogP contribution in [0.4, 0.5) is 0 Å². The maximum Gasteiger partial charge on any atom is 0.330 e. The number of hydrogen-bond acceptors (Lipinski definition) is 4. The van der Waals surface area contributed by atoms with E-state index in [4.69, 9.17) is 0 Å². The quantitative estimate of drug-likeness (QED) is 0.513. The molecule has 0 spiro atoms. The molecule has 1 heterocycles. The molecule has 4 heteroatoms. The predicted molar refractivity (Wildman–Crippen MR) is 47.7 cm³/mol. The summed E-state index contributed by atoms with van der Waals surface area (Å²) in [5.41, 5.74) is 0. The summed E-state index contributed by atoms with van der Waals surface area (Å²) in [5.74, 6) is 0.116. The highest BCUT2D eigenvalue weighted by atomic mass is 16.5. The average Bonchev–Trinajstić information content (AvgIpc) is 2.17. The van der Waals surface area contributed by atoms with Gasteiger partial charge >= 0.3 is 5.97 Å². The number of rotatable bonds is 3. The van der Waals surface area contributed by atoms with Crippen LogP contribution in [-0.2, 0) is 9.53 Å². The normalized spacial score (nSPS) is 10.2. The van der Waals surface area contributed by atoms with Gasteiger partial charge in [0.15, 0.2) is 5.82 Å². The summed E-state index contributed by atoms with van der Waals surface area (Å²) in [6.07, 6.45) is 6.03. The van der Waals surface area contributed by atoms with E-state index in [9.17, 15) is 4.79 Å². The van der Waals surface area contributed by atoms with Crippen molar-refractivity contribution in [3.8, 4) is 0 Å². The molecule has 0 unspecified atom stereocenters. The summed E-state index contributed by atoms with van der Waals surface area (Å²) in [6, 6.07) is 1.71. The average molecular weight is 178 g/mol. The summed E-state index contributed by atoms with van der Waals surface area (Å²) in [6.45, 7) is 2.13. The van der Waals surface area contributed by atoms with E-state index in [2.05, 4.69) is 14.7 Å². The lowest BCUT2D eigenvalue weighted by Crippen LogP contribution is -1.99. The highest BCUT2D eigenvalue weighted by Crippen LogP contribution is 1.91. The molecule has 0 N–H and O–H groups in total. The Morgan fingerprint density at radius 3 is 2.85 bits per heavy atom. The lowest BCUT2D eigenvalue weighted by atomic mass is 10.4. The van der Waals surface area contributed by atoms with Gasteiger partial charge in [0.1, 0.15) is 0 Å². The van der Waals surface area contributed by atoms with Crippen LogP contribution >= 0.6 is 0 Å². The third-order valence-electron chi connectivity index (χ3n) is 1.24. The fraction of sp³-hybridized carbons (Fsp3) is 0.222. The van der Waals surface area contributed by atoms with Crippen molar-refractivity contribution in [1.82, 2.24) is 9.97 Å². The topological polar surface area (TPSA) is 52.1 Å². The van der Waals surface area contributed by atoms with E-state index in [1.807, 2.05) is 0 Å². The van der Waals surface area contributed by atoms with Crippen LogP contribution in [0.3, 0.4) is 0 Å². The van der Waals surface area contributed by atoms with Gasteiger partial charge in [-0.2, -0.15) is 0 Å². The molecule has 13 heavy (non-hydrogen) atoms. The van der Waals surface area contributed by atoms with E-state index in [0.29, 0.717) is 12.4 Å². The Hall–Kier alpha value is -1.71. The van der Waals surface area contributed by atoms with E-state index in [0.717, 1.165) is 0 Å². The highest BCUT2D eigenvalue weighted by Gasteiger charge is 1.93. The standard InChI is InChI=1S/C9H10N2O2/c1-2-13-9(12)5-4-8-10-6-3-7-11-8/h3-7H,2H2,1H3/b5-4+. The number of nitrogens with zero attached hydrogens (tertiary/aromatic N) is 2.